The summed E-state index contributed by atoms with van der Waals surface area (Å²) in [7, 11) is 0. The molecule has 0 aliphatic heterocycles. The highest BCUT2D eigenvalue weighted by molar-refractivity contribution is 5.50. The van der Waals surface area contributed by atoms with E-state index in [0.29, 0.717) is 12.6 Å². The topological polar surface area (TPSA) is 38.0 Å². The summed E-state index contributed by atoms with van der Waals surface area (Å²) in [6, 6.07) is 8.79. The van der Waals surface area contributed by atoms with Gasteiger partial charge in [0, 0.05) is 18.3 Å². The van der Waals surface area contributed by atoms with E-state index in [1.165, 1.54) is 36.9 Å². The summed E-state index contributed by atoms with van der Waals surface area (Å²) < 4.78 is 0. The molecule has 0 aliphatic carbocycles. The number of benzene rings is 1. The number of aryl methyl sites for hydroxylation is 1. The Morgan fingerprint density at radius 1 is 1.25 bits per heavy atom. The zero-order valence-corrected chi connectivity index (χ0v) is 10.5. The molecule has 3 N–H and O–H groups in total. The number of nitrogens with two attached hydrogens (primary N) is 1. The zero-order valence-electron chi connectivity index (χ0n) is 10.5. The molecule has 1 aromatic rings. The van der Waals surface area contributed by atoms with Crippen LogP contribution in [0.2, 0.25) is 0 Å². The van der Waals surface area contributed by atoms with Crippen LogP contribution in [0.1, 0.15) is 38.2 Å². The van der Waals surface area contributed by atoms with Crippen LogP contribution in [-0.4, -0.2) is 12.6 Å². The van der Waals surface area contributed by atoms with Crippen LogP contribution in [0.3, 0.4) is 0 Å². The van der Waals surface area contributed by atoms with Crippen LogP contribution < -0.4 is 11.1 Å². The van der Waals surface area contributed by atoms with E-state index < -0.39 is 0 Å². The van der Waals surface area contributed by atoms with Crippen molar-refractivity contribution in [3.8, 4) is 0 Å². The van der Waals surface area contributed by atoms with Gasteiger partial charge in [0.05, 0.1) is 0 Å². The van der Waals surface area contributed by atoms with Gasteiger partial charge in [-0.2, -0.15) is 0 Å². The van der Waals surface area contributed by atoms with E-state index in [-0.39, 0.29) is 0 Å². The molecule has 0 aromatic heterocycles. The Bertz CT molecular complexity index is 297. The van der Waals surface area contributed by atoms with Crippen molar-refractivity contribution in [1.82, 2.24) is 0 Å². The Kier molecular flexibility index (Phi) is 5.94. The zero-order chi connectivity index (χ0) is 11.8. The van der Waals surface area contributed by atoms with Crippen molar-refractivity contribution in [3.63, 3.8) is 0 Å². The van der Waals surface area contributed by atoms with Gasteiger partial charge in [-0.3, -0.25) is 0 Å². The second kappa shape index (κ2) is 7.29. The molecule has 0 bridgehead atoms. The molecule has 0 aliphatic rings. The van der Waals surface area contributed by atoms with Gasteiger partial charge < -0.3 is 11.1 Å². The minimum atomic E-state index is 0.410. The molecule has 0 fully saturated rings. The molecule has 0 saturated carbocycles. The fourth-order valence-corrected chi connectivity index (χ4v) is 1.84. The number of hydrogen-bond acceptors (Lipinski definition) is 2. The number of nitrogens with one attached hydrogen (secondary N) is 1. The third-order valence-electron chi connectivity index (χ3n) is 2.95. The van der Waals surface area contributed by atoms with Gasteiger partial charge in [0.25, 0.3) is 0 Å². The maximum Gasteiger partial charge on any atom is 0.0383 e. The highest BCUT2D eigenvalue weighted by Gasteiger charge is 2.06. The van der Waals surface area contributed by atoms with Crippen LogP contribution in [0.5, 0.6) is 0 Å². The van der Waals surface area contributed by atoms with E-state index in [0.717, 1.165) is 0 Å². The molecule has 0 amide bonds. The summed E-state index contributed by atoms with van der Waals surface area (Å²) >= 11 is 0. The van der Waals surface area contributed by atoms with Crippen LogP contribution >= 0.6 is 0 Å². The van der Waals surface area contributed by atoms with Crippen molar-refractivity contribution < 1.29 is 0 Å². The van der Waals surface area contributed by atoms with E-state index >= 15 is 0 Å². The molecular weight excluding hydrogens is 196 g/mol. The van der Waals surface area contributed by atoms with Crippen LogP contribution in [0.15, 0.2) is 24.3 Å². The van der Waals surface area contributed by atoms with E-state index in [1.54, 1.807) is 0 Å². The minimum absolute atomic E-state index is 0.410. The Morgan fingerprint density at radius 3 is 2.62 bits per heavy atom. The lowest BCUT2D eigenvalue weighted by Crippen LogP contribution is -2.29. The van der Waals surface area contributed by atoms with Gasteiger partial charge in [0.15, 0.2) is 0 Å². The third kappa shape index (κ3) is 4.23. The van der Waals surface area contributed by atoms with Gasteiger partial charge >= 0.3 is 0 Å². The van der Waals surface area contributed by atoms with Gasteiger partial charge in [0.2, 0.25) is 0 Å². The molecule has 0 heterocycles. The molecule has 0 saturated heterocycles. The first-order valence-electron chi connectivity index (χ1n) is 6.30. The highest BCUT2D eigenvalue weighted by atomic mass is 14.9. The first-order valence-corrected chi connectivity index (χ1v) is 6.30. The molecule has 1 unspecified atom stereocenters. The van der Waals surface area contributed by atoms with E-state index in [1.807, 2.05) is 0 Å². The number of rotatable bonds is 7. The van der Waals surface area contributed by atoms with Crippen LogP contribution in [0.4, 0.5) is 5.69 Å². The minimum Gasteiger partial charge on any atom is -0.381 e. The largest absolute Gasteiger partial charge is 0.381 e. The van der Waals surface area contributed by atoms with Crippen molar-refractivity contribution in [2.45, 2.75) is 45.6 Å². The van der Waals surface area contributed by atoms with Gasteiger partial charge in [-0.15, -0.1) is 0 Å². The lowest BCUT2D eigenvalue weighted by atomic mass is 10.1. The van der Waals surface area contributed by atoms with Crippen molar-refractivity contribution in [2.75, 3.05) is 11.9 Å². The predicted molar refractivity (Wildman–Crippen MR) is 71.8 cm³/mol. The number of para-hydroxylation sites is 1. The highest BCUT2D eigenvalue weighted by Crippen LogP contribution is 2.16. The first kappa shape index (κ1) is 13.0. The van der Waals surface area contributed by atoms with Gasteiger partial charge in [-0.1, -0.05) is 44.4 Å². The molecule has 0 radical (unpaired) electrons. The Labute approximate surface area is 99.2 Å². The quantitative estimate of drug-likeness (QED) is 0.692. The molecule has 1 rings (SSSR count). The fourth-order valence-electron chi connectivity index (χ4n) is 1.84. The van der Waals surface area contributed by atoms with Crippen LogP contribution in [-0.2, 0) is 0 Å². The van der Waals surface area contributed by atoms with Gasteiger partial charge in [-0.05, 0) is 25.0 Å². The Balaban J connectivity index is 2.46. The summed E-state index contributed by atoms with van der Waals surface area (Å²) in [5.41, 5.74) is 8.30. The molecular formula is C14H24N2. The number of anilines is 1. The monoisotopic (exact) mass is 220 g/mol. The lowest BCUT2D eigenvalue weighted by molar-refractivity contribution is 0.591. The summed E-state index contributed by atoms with van der Waals surface area (Å²) in [5, 5.41) is 3.53. The summed E-state index contributed by atoms with van der Waals surface area (Å²) in [5.74, 6) is 0. The van der Waals surface area contributed by atoms with E-state index in [2.05, 4.69) is 43.4 Å². The maximum absolute atomic E-state index is 5.79. The normalized spacial score (nSPS) is 12.4. The number of unbranched alkanes of at least 4 members (excludes halogenated alkanes) is 2. The molecule has 0 spiro atoms. The van der Waals surface area contributed by atoms with Crippen LogP contribution in [0.25, 0.3) is 0 Å². The van der Waals surface area contributed by atoms with Crippen molar-refractivity contribution in [2.24, 2.45) is 5.73 Å². The smallest absolute Gasteiger partial charge is 0.0383 e. The van der Waals surface area contributed by atoms with Crippen LogP contribution in [0, 0.1) is 6.92 Å². The first-order chi connectivity index (χ1) is 7.77. The predicted octanol–water partition coefficient (Wildman–Crippen LogP) is 3.31. The van der Waals surface area contributed by atoms with E-state index in [4.69, 9.17) is 5.73 Å². The maximum atomic E-state index is 5.79. The van der Waals surface area contributed by atoms with Gasteiger partial charge in [0.1, 0.15) is 0 Å². The molecule has 2 heteroatoms. The average molecular weight is 220 g/mol. The van der Waals surface area contributed by atoms with Crippen molar-refractivity contribution >= 4 is 5.69 Å². The van der Waals surface area contributed by atoms with Crippen molar-refractivity contribution in [1.29, 1.82) is 0 Å². The second-order valence-electron chi connectivity index (χ2n) is 4.39. The summed E-state index contributed by atoms with van der Waals surface area (Å²) in [4.78, 5) is 0. The lowest BCUT2D eigenvalue weighted by Gasteiger charge is -2.19. The second-order valence-corrected chi connectivity index (χ2v) is 4.39. The standard InChI is InChI=1S/C14H24N2/c1-3-4-5-9-13(11-15)16-14-10-7-6-8-12(14)2/h6-8,10,13,16H,3-5,9,11,15H2,1-2H3. The molecule has 16 heavy (non-hydrogen) atoms. The average Bonchev–Trinajstić information content (AvgIpc) is 2.30. The van der Waals surface area contributed by atoms with E-state index in [9.17, 15) is 0 Å². The number of hydrogen-bond donors (Lipinski definition) is 2. The Morgan fingerprint density at radius 2 is 2.00 bits per heavy atom. The van der Waals surface area contributed by atoms with Crippen molar-refractivity contribution in [3.05, 3.63) is 29.8 Å². The molecule has 1 aromatic carbocycles. The summed E-state index contributed by atoms with van der Waals surface area (Å²) in [6.45, 7) is 5.06. The third-order valence-corrected chi connectivity index (χ3v) is 2.95. The van der Waals surface area contributed by atoms with Gasteiger partial charge in [-0.25, -0.2) is 0 Å². The SMILES string of the molecule is CCCCCC(CN)Nc1ccccc1C. The molecule has 90 valence electrons. The molecule has 1 atom stereocenters. The summed E-state index contributed by atoms with van der Waals surface area (Å²) in [6.07, 6.45) is 4.99. The fraction of sp³-hybridized carbons (Fsp3) is 0.571. The Hall–Kier alpha value is -1.02. The molecule has 2 nitrogen and oxygen atoms in total.